The van der Waals surface area contributed by atoms with E-state index in [1.54, 1.807) is 18.2 Å². The van der Waals surface area contributed by atoms with E-state index in [-0.39, 0.29) is 42.9 Å². The number of rotatable bonds is 17. The molecule has 17 heteroatoms. The molecule has 0 aliphatic carbocycles. The minimum absolute atomic E-state index is 0.0620. The van der Waals surface area contributed by atoms with Crippen molar-refractivity contribution in [3.63, 3.8) is 0 Å². The summed E-state index contributed by atoms with van der Waals surface area (Å²) in [6.07, 6.45) is -0.243. The van der Waals surface area contributed by atoms with Crippen LogP contribution in [0.25, 0.3) is 10.8 Å². The molecule has 1 unspecified atom stereocenters. The molecule has 0 heterocycles. The van der Waals surface area contributed by atoms with Gasteiger partial charge in [-0.05, 0) is 31.4 Å². The molecule has 44 heavy (non-hydrogen) atoms. The Hall–Kier alpha value is -4.28. The standard InChI is InChI=1S/C27H36ClN7O8S/c1-35(2)21-9-3-7-17-16(21)6-4-10-22(17)44(41,42)43-24(38)12-11-19(29)26(40)33-14-23(37)34-20(25(39)18(28)15-36)8-5-13-32-27(30)31/h3-4,6-7,9-10,15,18-20H,5,8,11-14,29H2,1-2H3,(H,33,40)(H,34,37)(H4,30,31,32)/t18?,19-,20-/m0/s1. The minimum Gasteiger partial charge on any atom is -0.377 e. The third kappa shape index (κ3) is 10.5. The van der Waals surface area contributed by atoms with Crippen molar-refractivity contribution in [3.05, 3.63) is 36.4 Å². The van der Waals surface area contributed by atoms with Crippen molar-refractivity contribution in [1.29, 1.82) is 0 Å². The summed E-state index contributed by atoms with van der Waals surface area (Å²) < 4.78 is 30.6. The monoisotopic (exact) mass is 653 g/mol. The van der Waals surface area contributed by atoms with Crippen molar-refractivity contribution in [2.75, 3.05) is 32.1 Å². The molecule has 0 saturated heterocycles. The van der Waals surface area contributed by atoms with E-state index in [9.17, 15) is 32.4 Å². The van der Waals surface area contributed by atoms with Crippen LogP contribution < -0.4 is 32.7 Å². The van der Waals surface area contributed by atoms with Gasteiger partial charge in [-0.3, -0.25) is 24.2 Å². The van der Waals surface area contributed by atoms with E-state index >= 15 is 0 Å². The molecule has 0 radical (unpaired) electrons. The van der Waals surface area contributed by atoms with Crippen molar-refractivity contribution in [1.82, 2.24) is 10.6 Å². The molecule has 0 aromatic heterocycles. The van der Waals surface area contributed by atoms with Gasteiger partial charge < -0.3 is 41.7 Å². The second-order valence-electron chi connectivity index (χ2n) is 9.80. The summed E-state index contributed by atoms with van der Waals surface area (Å²) in [5, 5.41) is 4.17. The quantitative estimate of drug-likeness (QED) is 0.0270. The van der Waals surface area contributed by atoms with Gasteiger partial charge in [0, 0.05) is 43.5 Å². The zero-order valence-electron chi connectivity index (χ0n) is 24.2. The van der Waals surface area contributed by atoms with Gasteiger partial charge in [-0.2, -0.15) is 8.42 Å². The van der Waals surface area contributed by atoms with Crippen LogP contribution in [0.15, 0.2) is 46.3 Å². The number of guanidine groups is 1. The van der Waals surface area contributed by atoms with Gasteiger partial charge in [0.2, 0.25) is 11.8 Å². The molecule has 0 aliphatic heterocycles. The lowest BCUT2D eigenvalue weighted by molar-refractivity contribution is -0.134. The highest BCUT2D eigenvalue weighted by atomic mass is 35.5. The molecular formula is C27H36ClN7O8S. The Morgan fingerprint density at radius 3 is 2.36 bits per heavy atom. The Labute approximate surface area is 259 Å². The number of anilines is 1. The first kappa shape index (κ1) is 35.9. The van der Waals surface area contributed by atoms with Crippen molar-refractivity contribution >= 4 is 74.0 Å². The van der Waals surface area contributed by atoms with Gasteiger partial charge in [-0.1, -0.05) is 24.3 Å². The summed E-state index contributed by atoms with van der Waals surface area (Å²) in [6.45, 7) is -0.433. The molecule has 0 bridgehead atoms. The lowest BCUT2D eigenvalue weighted by atomic mass is 10.0. The van der Waals surface area contributed by atoms with E-state index in [2.05, 4.69) is 15.6 Å². The van der Waals surface area contributed by atoms with E-state index < -0.39 is 64.1 Å². The van der Waals surface area contributed by atoms with Crippen LogP contribution in [0.1, 0.15) is 25.7 Å². The number of fused-ring (bicyclic) bond motifs is 1. The first-order chi connectivity index (χ1) is 20.7. The van der Waals surface area contributed by atoms with Crippen LogP contribution in [-0.2, 0) is 38.3 Å². The molecular weight excluding hydrogens is 618 g/mol. The summed E-state index contributed by atoms with van der Waals surface area (Å²) in [6, 6.07) is 7.26. The molecule has 3 atom stereocenters. The molecule has 0 aliphatic rings. The number of ketones is 1. The number of nitrogens with two attached hydrogens (primary N) is 3. The van der Waals surface area contributed by atoms with E-state index in [0.29, 0.717) is 10.8 Å². The Kier molecular flexibility index (Phi) is 13.5. The third-order valence-corrected chi connectivity index (χ3v) is 7.87. The summed E-state index contributed by atoms with van der Waals surface area (Å²) in [5.41, 5.74) is 17.1. The second kappa shape index (κ2) is 16.5. The normalized spacial score (nSPS) is 13.2. The van der Waals surface area contributed by atoms with E-state index in [1.165, 1.54) is 12.1 Å². The third-order valence-electron chi connectivity index (χ3n) is 6.25. The first-order valence-electron chi connectivity index (χ1n) is 13.4. The molecule has 0 spiro atoms. The number of hydrogen-bond acceptors (Lipinski definition) is 11. The predicted octanol–water partition coefficient (Wildman–Crippen LogP) is -0.725. The number of carbonyl (C=O) groups excluding carboxylic acids is 5. The van der Waals surface area contributed by atoms with E-state index in [4.69, 9.17) is 33.0 Å². The summed E-state index contributed by atoms with van der Waals surface area (Å²) >= 11 is 5.70. The average molecular weight is 654 g/mol. The highest BCUT2D eigenvalue weighted by molar-refractivity contribution is 7.87. The van der Waals surface area contributed by atoms with Crippen molar-refractivity contribution < 1.29 is 36.6 Å². The number of aldehydes is 1. The topological polar surface area (TPSA) is 246 Å². The predicted molar refractivity (Wildman–Crippen MR) is 164 cm³/mol. The fourth-order valence-electron chi connectivity index (χ4n) is 4.08. The van der Waals surface area contributed by atoms with Crippen LogP contribution >= 0.6 is 11.6 Å². The largest absolute Gasteiger partial charge is 0.377 e. The molecule has 2 rings (SSSR count). The molecule has 240 valence electrons. The van der Waals surface area contributed by atoms with Crippen molar-refractivity contribution in [3.8, 4) is 0 Å². The minimum atomic E-state index is -4.50. The van der Waals surface area contributed by atoms with Crippen LogP contribution in [-0.4, -0.2) is 88.9 Å². The molecule has 2 amide bonds. The maximum atomic E-state index is 12.9. The van der Waals surface area contributed by atoms with Gasteiger partial charge in [-0.25, -0.2) is 0 Å². The van der Waals surface area contributed by atoms with E-state index in [1.807, 2.05) is 25.1 Å². The number of alkyl halides is 1. The number of benzene rings is 2. The van der Waals surface area contributed by atoms with Crippen LogP contribution in [0.4, 0.5) is 5.69 Å². The fraction of sp³-hybridized carbons (Fsp3) is 0.407. The van der Waals surface area contributed by atoms with Crippen molar-refractivity contribution in [2.24, 2.45) is 22.2 Å². The Morgan fingerprint density at radius 2 is 1.73 bits per heavy atom. The Balaban J connectivity index is 1.92. The van der Waals surface area contributed by atoms with Crippen LogP contribution in [0.3, 0.4) is 0 Å². The Bertz CT molecular complexity index is 1510. The average Bonchev–Trinajstić information content (AvgIpc) is 2.98. The number of amides is 2. The smallest absolute Gasteiger partial charge is 0.342 e. The lowest BCUT2D eigenvalue weighted by Gasteiger charge is -2.19. The maximum Gasteiger partial charge on any atom is 0.342 e. The molecule has 2 aromatic carbocycles. The number of nitrogens with zero attached hydrogens (tertiary/aromatic N) is 2. The zero-order valence-corrected chi connectivity index (χ0v) is 25.8. The van der Waals surface area contributed by atoms with Crippen LogP contribution in [0, 0.1) is 0 Å². The molecule has 15 nitrogen and oxygen atoms in total. The van der Waals surface area contributed by atoms with Crippen LogP contribution in [0.2, 0.25) is 0 Å². The van der Waals surface area contributed by atoms with Gasteiger partial charge in [0.15, 0.2) is 11.7 Å². The van der Waals surface area contributed by atoms with Gasteiger partial charge >= 0.3 is 16.1 Å². The number of Topliss-reactive ketones (excluding diaryl/α,β-unsaturated/α-hetero) is 1. The van der Waals surface area contributed by atoms with Gasteiger partial charge in [0.25, 0.3) is 0 Å². The number of nitrogens with one attached hydrogen (secondary N) is 2. The number of carbonyl (C=O) groups is 5. The summed E-state index contributed by atoms with van der Waals surface area (Å²) in [7, 11) is -0.879. The number of hydrogen-bond donors (Lipinski definition) is 5. The second-order valence-corrected chi connectivity index (χ2v) is 11.8. The van der Waals surface area contributed by atoms with Gasteiger partial charge in [0.1, 0.15) is 16.6 Å². The zero-order chi connectivity index (χ0) is 33.0. The van der Waals surface area contributed by atoms with Gasteiger partial charge in [-0.15, -0.1) is 11.6 Å². The first-order valence-corrected chi connectivity index (χ1v) is 15.2. The molecule has 0 saturated carbocycles. The fourth-order valence-corrected chi connectivity index (χ4v) is 5.34. The number of halogens is 1. The number of aliphatic imine (C=N–C) groups is 1. The van der Waals surface area contributed by atoms with Gasteiger partial charge in [0.05, 0.1) is 18.6 Å². The molecule has 2 aromatic rings. The molecule has 8 N–H and O–H groups in total. The summed E-state index contributed by atoms with van der Waals surface area (Å²) in [5.74, 6) is -3.63. The highest BCUT2D eigenvalue weighted by Crippen LogP contribution is 2.31. The lowest BCUT2D eigenvalue weighted by Crippen LogP contribution is -2.50. The maximum absolute atomic E-state index is 12.9. The SMILES string of the molecule is CN(C)c1cccc2c(S(=O)(=O)OC(=O)CC[C@H](N)C(=O)NCC(=O)N[C@@H](CCCN=C(N)N)C(=O)C(Cl)C=O)cccc12. The summed E-state index contributed by atoms with van der Waals surface area (Å²) in [4.78, 5) is 65.9. The molecule has 0 fully saturated rings. The highest BCUT2D eigenvalue weighted by Gasteiger charge is 2.27. The van der Waals surface area contributed by atoms with Crippen molar-refractivity contribution in [2.45, 2.75) is 48.0 Å². The Morgan fingerprint density at radius 1 is 1.07 bits per heavy atom. The van der Waals surface area contributed by atoms with Crippen LogP contribution in [0.5, 0.6) is 0 Å². The van der Waals surface area contributed by atoms with E-state index in [0.717, 1.165) is 5.69 Å².